The zero-order valence-corrected chi connectivity index (χ0v) is 21.3. The largest absolute Gasteiger partial charge is 0.511 e. The van der Waals surface area contributed by atoms with E-state index in [1.54, 1.807) is 13.0 Å². The Bertz CT molecular complexity index is 1250. The summed E-state index contributed by atoms with van der Waals surface area (Å²) < 4.78 is 0. The number of benzene rings is 1. The van der Waals surface area contributed by atoms with Gasteiger partial charge >= 0.3 is 0 Å². The summed E-state index contributed by atoms with van der Waals surface area (Å²) in [5.41, 5.74) is -4.00. The summed E-state index contributed by atoms with van der Waals surface area (Å²) in [7, 11) is 0. The number of aliphatic hydroxyl groups excluding tert-OH is 2. The summed E-state index contributed by atoms with van der Waals surface area (Å²) in [5, 5.41) is 45.3. The molecular weight excluding hydrogens is 448 g/mol. The van der Waals surface area contributed by atoms with Crippen molar-refractivity contribution >= 4 is 17.3 Å². The molecule has 1 unspecified atom stereocenters. The third-order valence-corrected chi connectivity index (χ3v) is 8.55. The van der Waals surface area contributed by atoms with Crippen molar-refractivity contribution in [2.45, 2.75) is 72.8 Å². The van der Waals surface area contributed by atoms with Crippen molar-refractivity contribution in [1.82, 2.24) is 0 Å². The zero-order chi connectivity index (χ0) is 26.4. The summed E-state index contributed by atoms with van der Waals surface area (Å²) in [6, 6.07) is 3.24. The summed E-state index contributed by atoms with van der Waals surface area (Å²) in [4.78, 5) is 39.9. The number of Topliss-reactive ketones (excluding diaryl/α,β-unsaturated/α-hetero) is 3. The van der Waals surface area contributed by atoms with E-state index in [4.69, 9.17) is 0 Å². The number of fused-ring (bicyclic) bond motifs is 3. The Labute approximate surface area is 205 Å². The molecule has 7 heteroatoms. The van der Waals surface area contributed by atoms with Gasteiger partial charge in [0.1, 0.15) is 22.8 Å². The van der Waals surface area contributed by atoms with Gasteiger partial charge in [0.2, 0.25) is 5.78 Å². The van der Waals surface area contributed by atoms with Gasteiger partial charge in [-0.1, -0.05) is 47.6 Å². The van der Waals surface area contributed by atoms with Gasteiger partial charge in [-0.25, -0.2) is 0 Å². The molecule has 0 heterocycles. The average Bonchev–Trinajstić information content (AvgIpc) is 2.69. The number of phenols is 1. The number of hydrogen-bond donors (Lipinski definition) is 4. The number of hydrogen-bond acceptors (Lipinski definition) is 7. The SMILES string of the molecule is CC(=O)C1=C(O)C(C(C)C)[C@@]2(C)C[C@@]3(C)Cc4c(C(C)C)ccc(O)c4C(=O)C3=C(O)[C@@]2(O)C1=O. The van der Waals surface area contributed by atoms with Crippen LogP contribution in [0.3, 0.4) is 0 Å². The van der Waals surface area contributed by atoms with E-state index in [1.807, 2.05) is 34.6 Å². The van der Waals surface area contributed by atoms with E-state index >= 15 is 0 Å². The van der Waals surface area contributed by atoms with Gasteiger partial charge in [0, 0.05) is 22.3 Å². The Morgan fingerprint density at radius 3 is 2.17 bits per heavy atom. The quantitative estimate of drug-likeness (QED) is 0.467. The fourth-order valence-corrected chi connectivity index (χ4v) is 7.30. The minimum Gasteiger partial charge on any atom is -0.511 e. The van der Waals surface area contributed by atoms with Crippen LogP contribution in [-0.2, 0) is 16.0 Å². The average molecular weight is 483 g/mol. The lowest BCUT2D eigenvalue weighted by Gasteiger charge is -2.59. The molecule has 0 bridgehead atoms. The van der Waals surface area contributed by atoms with E-state index < -0.39 is 51.0 Å². The van der Waals surface area contributed by atoms with Crippen molar-refractivity contribution in [3.8, 4) is 5.75 Å². The molecule has 0 aromatic heterocycles. The Morgan fingerprint density at radius 1 is 1.06 bits per heavy atom. The Kier molecular flexibility index (Phi) is 5.42. The molecule has 3 aliphatic rings. The number of ketones is 3. The third kappa shape index (κ3) is 2.97. The smallest absolute Gasteiger partial charge is 0.209 e. The van der Waals surface area contributed by atoms with Crippen molar-refractivity contribution in [3.63, 3.8) is 0 Å². The van der Waals surface area contributed by atoms with Gasteiger partial charge in [-0.3, -0.25) is 14.4 Å². The zero-order valence-electron chi connectivity index (χ0n) is 21.3. The van der Waals surface area contributed by atoms with Crippen LogP contribution >= 0.6 is 0 Å². The first-order valence-electron chi connectivity index (χ1n) is 12.1. The van der Waals surface area contributed by atoms with E-state index in [0.717, 1.165) is 12.5 Å². The van der Waals surface area contributed by atoms with Gasteiger partial charge in [-0.05, 0) is 48.8 Å². The molecule has 0 saturated carbocycles. The van der Waals surface area contributed by atoms with Gasteiger partial charge in [-0.15, -0.1) is 0 Å². The molecule has 4 rings (SSSR count). The standard InChI is InChI=1S/C28H34O7/c1-12(2)15-8-9-17(30)19-16(15)10-26(6)11-27(7)20(13(3)4)22(31)18(14(5)29)24(33)28(27,35)25(34)21(26)23(19)32/h8-9,12-13,20,30-31,34-35H,10-11H2,1-7H3/t20?,26-,27-,28+/m1/s1. The van der Waals surface area contributed by atoms with Crippen LogP contribution in [-0.4, -0.2) is 43.4 Å². The lowest BCUT2D eigenvalue weighted by molar-refractivity contribution is -0.171. The molecule has 188 valence electrons. The van der Waals surface area contributed by atoms with Crippen LogP contribution in [0.5, 0.6) is 5.75 Å². The van der Waals surface area contributed by atoms with Crippen molar-refractivity contribution in [3.05, 3.63) is 51.5 Å². The fourth-order valence-electron chi connectivity index (χ4n) is 7.30. The highest BCUT2D eigenvalue weighted by molar-refractivity contribution is 6.25. The predicted molar refractivity (Wildman–Crippen MR) is 129 cm³/mol. The van der Waals surface area contributed by atoms with Crippen molar-refractivity contribution in [2.24, 2.45) is 22.7 Å². The molecule has 35 heavy (non-hydrogen) atoms. The minimum atomic E-state index is -2.58. The summed E-state index contributed by atoms with van der Waals surface area (Å²) in [5.74, 6) is -4.92. The van der Waals surface area contributed by atoms with Crippen molar-refractivity contribution < 1.29 is 34.8 Å². The van der Waals surface area contributed by atoms with Crippen LogP contribution in [0.25, 0.3) is 0 Å². The number of carbonyl (C=O) groups excluding carboxylic acids is 3. The number of allylic oxidation sites excluding steroid dienone is 2. The molecule has 4 atom stereocenters. The molecule has 0 saturated heterocycles. The second kappa shape index (κ2) is 7.53. The van der Waals surface area contributed by atoms with E-state index in [-0.39, 0.29) is 40.9 Å². The predicted octanol–water partition coefficient (Wildman–Crippen LogP) is 4.47. The van der Waals surface area contributed by atoms with Crippen LogP contribution in [0.4, 0.5) is 0 Å². The van der Waals surface area contributed by atoms with Gasteiger partial charge in [-0.2, -0.15) is 0 Å². The van der Waals surface area contributed by atoms with E-state index in [0.29, 0.717) is 12.0 Å². The number of aromatic hydroxyl groups is 1. The maximum Gasteiger partial charge on any atom is 0.209 e. The molecule has 0 aliphatic heterocycles. The van der Waals surface area contributed by atoms with E-state index in [1.165, 1.54) is 6.07 Å². The van der Waals surface area contributed by atoms with Crippen molar-refractivity contribution in [2.75, 3.05) is 0 Å². The molecule has 0 fully saturated rings. The highest BCUT2D eigenvalue weighted by Crippen LogP contribution is 2.65. The van der Waals surface area contributed by atoms with Crippen LogP contribution in [0.15, 0.2) is 34.8 Å². The van der Waals surface area contributed by atoms with E-state index in [2.05, 4.69) is 0 Å². The molecule has 3 aliphatic carbocycles. The molecule has 4 N–H and O–H groups in total. The summed E-state index contributed by atoms with van der Waals surface area (Å²) >= 11 is 0. The van der Waals surface area contributed by atoms with Gasteiger partial charge < -0.3 is 20.4 Å². The van der Waals surface area contributed by atoms with Crippen LogP contribution in [0.1, 0.15) is 82.3 Å². The van der Waals surface area contributed by atoms with E-state index in [9.17, 15) is 34.8 Å². The Morgan fingerprint density at radius 2 is 1.66 bits per heavy atom. The Hall–Kier alpha value is -2.93. The molecule has 1 aromatic rings. The molecule has 0 amide bonds. The molecular formula is C28H34O7. The van der Waals surface area contributed by atoms with Crippen LogP contribution in [0.2, 0.25) is 0 Å². The number of rotatable bonds is 3. The summed E-state index contributed by atoms with van der Waals surface area (Å²) in [6.07, 6.45) is 0.391. The first kappa shape index (κ1) is 25.2. The normalized spacial score (nSPS) is 32.7. The van der Waals surface area contributed by atoms with Crippen molar-refractivity contribution in [1.29, 1.82) is 0 Å². The molecule has 7 nitrogen and oxygen atoms in total. The topological polar surface area (TPSA) is 132 Å². The number of aliphatic hydroxyl groups is 3. The molecule has 0 spiro atoms. The highest BCUT2D eigenvalue weighted by atomic mass is 16.3. The van der Waals surface area contributed by atoms with Crippen LogP contribution < -0.4 is 0 Å². The minimum absolute atomic E-state index is 0.0660. The Balaban J connectivity index is 2.09. The van der Waals surface area contributed by atoms with Crippen LogP contribution in [0, 0.1) is 22.7 Å². The summed E-state index contributed by atoms with van der Waals surface area (Å²) in [6.45, 7) is 12.2. The van der Waals surface area contributed by atoms with Gasteiger partial charge in [0.05, 0.1) is 5.56 Å². The highest BCUT2D eigenvalue weighted by Gasteiger charge is 2.71. The maximum atomic E-state index is 13.9. The van der Waals surface area contributed by atoms with Gasteiger partial charge in [0.25, 0.3) is 0 Å². The number of phenolic OH excluding ortho intramolecular Hbond substituents is 1. The maximum absolute atomic E-state index is 13.9. The second-order valence-electron chi connectivity index (χ2n) is 11.6. The van der Waals surface area contributed by atoms with Gasteiger partial charge in [0.15, 0.2) is 17.2 Å². The fraction of sp³-hybridized carbons (Fsp3) is 0.536. The first-order valence-corrected chi connectivity index (χ1v) is 12.1. The third-order valence-electron chi connectivity index (χ3n) is 8.55. The second-order valence-corrected chi connectivity index (χ2v) is 11.6. The molecule has 1 aromatic carbocycles. The first-order chi connectivity index (χ1) is 16.0. The lowest BCUT2D eigenvalue weighted by Crippen LogP contribution is -2.67. The monoisotopic (exact) mass is 482 g/mol. The molecule has 0 radical (unpaired) electrons. The lowest BCUT2D eigenvalue weighted by atomic mass is 9.44. The number of carbonyl (C=O) groups is 3.